The molecule has 1 aliphatic carbocycles. The van der Waals surface area contributed by atoms with Crippen molar-refractivity contribution in [3.8, 4) is 0 Å². The van der Waals surface area contributed by atoms with Gasteiger partial charge in [0.25, 0.3) is 0 Å². The van der Waals surface area contributed by atoms with E-state index in [1.54, 1.807) is 0 Å². The molecular weight excluding hydrogens is 212 g/mol. The van der Waals surface area contributed by atoms with Crippen molar-refractivity contribution in [2.75, 3.05) is 26.2 Å². The van der Waals surface area contributed by atoms with E-state index in [0.29, 0.717) is 12.1 Å². The summed E-state index contributed by atoms with van der Waals surface area (Å²) in [5.41, 5.74) is 0. The molecule has 2 unspecified atom stereocenters. The Morgan fingerprint density at radius 1 is 1.29 bits per heavy atom. The molecule has 0 radical (unpaired) electrons. The molecule has 3 heteroatoms. The molecule has 17 heavy (non-hydrogen) atoms. The lowest BCUT2D eigenvalue weighted by Crippen LogP contribution is -2.54. The van der Waals surface area contributed by atoms with E-state index in [1.165, 1.54) is 32.1 Å². The van der Waals surface area contributed by atoms with Crippen LogP contribution in [0.3, 0.4) is 0 Å². The van der Waals surface area contributed by atoms with Crippen molar-refractivity contribution < 1.29 is 4.74 Å². The molecule has 1 N–H and O–H groups in total. The first-order chi connectivity index (χ1) is 8.33. The summed E-state index contributed by atoms with van der Waals surface area (Å²) in [5.74, 6) is 0. The Morgan fingerprint density at radius 2 is 2.06 bits per heavy atom. The Morgan fingerprint density at radius 3 is 2.65 bits per heavy atom. The maximum absolute atomic E-state index is 5.91. The Balaban J connectivity index is 1.90. The SMILES string of the molecule is CCN(C1CCCCC1)C(C)C1CNCCO1. The minimum Gasteiger partial charge on any atom is -0.374 e. The first-order valence-electron chi connectivity index (χ1n) is 7.41. The van der Waals surface area contributed by atoms with Crippen molar-refractivity contribution in [1.29, 1.82) is 0 Å². The van der Waals surface area contributed by atoms with Gasteiger partial charge in [-0.1, -0.05) is 26.2 Å². The van der Waals surface area contributed by atoms with E-state index >= 15 is 0 Å². The molecule has 100 valence electrons. The van der Waals surface area contributed by atoms with Crippen molar-refractivity contribution in [3.05, 3.63) is 0 Å². The summed E-state index contributed by atoms with van der Waals surface area (Å²) in [4.78, 5) is 2.68. The number of hydrogen-bond donors (Lipinski definition) is 1. The number of ether oxygens (including phenoxy) is 1. The highest BCUT2D eigenvalue weighted by molar-refractivity contribution is 4.85. The van der Waals surface area contributed by atoms with Crippen LogP contribution in [0.2, 0.25) is 0 Å². The third-order valence-corrected chi connectivity index (χ3v) is 4.43. The normalized spacial score (nSPS) is 29.5. The van der Waals surface area contributed by atoms with Gasteiger partial charge >= 0.3 is 0 Å². The molecule has 2 aliphatic rings. The van der Waals surface area contributed by atoms with E-state index in [2.05, 4.69) is 24.1 Å². The van der Waals surface area contributed by atoms with Gasteiger partial charge < -0.3 is 10.1 Å². The van der Waals surface area contributed by atoms with Crippen LogP contribution in [-0.2, 0) is 4.74 Å². The predicted molar refractivity (Wildman–Crippen MR) is 71.3 cm³/mol. The number of likely N-dealkylation sites (N-methyl/N-ethyl adjacent to an activating group) is 1. The molecule has 1 saturated heterocycles. The van der Waals surface area contributed by atoms with E-state index in [0.717, 1.165) is 32.3 Å². The zero-order valence-corrected chi connectivity index (χ0v) is 11.5. The lowest BCUT2D eigenvalue weighted by atomic mass is 9.92. The maximum atomic E-state index is 5.91. The minimum atomic E-state index is 0.380. The molecule has 1 aliphatic heterocycles. The third-order valence-electron chi connectivity index (χ3n) is 4.43. The molecule has 0 aromatic rings. The molecule has 0 spiro atoms. The third kappa shape index (κ3) is 3.43. The summed E-state index contributed by atoms with van der Waals surface area (Å²) in [6, 6.07) is 1.35. The first kappa shape index (κ1) is 13.3. The molecule has 1 saturated carbocycles. The number of rotatable bonds is 4. The van der Waals surface area contributed by atoms with Crippen molar-refractivity contribution in [2.24, 2.45) is 0 Å². The van der Waals surface area contributed by atoms with E-state index in [1.807, 2.05) is 0 Å². The summed E-state index contributed by atoms with van der Waals surface area (Å²) in [6.07, 6.45) is 7.42. The van der Waals surface area contributed by atoms with Gasteiger partial charge in [0.15, 0.2) is 0 Å². The van der Waals surface area contributed by atoms with Gasteiger partial charge in [0.1, 0.15) is 0 Å². The van der Waals surface area contributed by atoms with Crippen LogP contribution >= 0.6 is 0 Å². The van der Waals surface area contributed by atoms with E-state index < -0.39 is 0 Å². The van der Waals surface area contributed by atoms with Crippen molar-refractivity contribution >= 4 is 0 Å². The van der Waals surface area contributed by atoms with Crippen LogP contribution in [0.25, 0.3) is 0 Å². The fourth-order valence-electron chi connectivity index (χ4n) is 3.40. The van der Waals surface area contributed by atoms with Crippen LogP contribution in [0, 0.1) is 0 Å². The lowest BCUT2D eigenvalue weighted by molar-refractivity contribution is -0.0400. The molecule has 1 heterocycles. The highest BCUT2D eigenvalue weighted by Gasteiger charge is 2.30. The quantitative estimate of drug-likeness (QED) is 0.813. The zero-order chi connectivity index (χ0) is 12.1. The molecule has 2 rings (SSSR count). The number of nitrogens with one attached hydrogen (secondary N) is 1. The predicted octanol–water partition coefficient (Wildman–Crippen LogP) is 2.02. The monoisotopic (exact) mass is 240 g/mol. The molecule has 3 nitrogen and oxygen atoms in total. The van der Waals surface area contributed by atoms with Crippen LogP contribution in [0.15, 0.2) is 0 Å². The molecule has 2 fully saturated rings. The van der Waals surface area contributed by atoms with Crippen LogP contribution < -0.4 is 5.32 Å². The van der Waals surface area contributed by atoms with Crippen LogP contribution in [-0.4, -0.2) is 49.3 Å². The van der Waals surface area contributed by atoms with Gasteiger partial charge in [0, 0.05) is 25.2 Å². The summed E-state index contributed by atoms with van der Waals surface area (Å²) in [5, 5.41) is 3.45. The number of morpholine rings is 1. The Hall–Kier alpha value is -0.120. The second kappa shape index (κ2) is 6.72. The van der Waals surface area contributed by atoms with Gasteiger partial charge in [-0.25, -0.2) is 0 Å². The minimum absolute atomic E-state index is 0.380. The van der Waals surface area contributed by atoms with Crippen LogP contribution in [0.1, 0.15) is 46.0 Å². The molecule has 0 aromatic heterocycles. The number of nitrogens with zero attached hydrogens (tertiary/aromatic N) is 1. The topological polar surface area (TPSA) is 24.5 Å². The fraction of sp³-hybridized carbons (Fsp3) is 1.00. The summed E-state index contributed by atoms with van der Waals surface area (Å²) in [6.45, 7) is 8.70. The zero-order valence-electron chi connectivity index (χ0n) is 11.5. The van der Waals surface area contributed by atoms with Crippen molar-refractivity contribution in [2.45, 2.75) is 64.1 Å². The number of hydrogen-bond acceptors (Lipinski definition) is 3. The lowest BCUT2D eigenvalue weighted by Gasteiger charge is -2.42. The summed E-state index contributed by atoms with van der Waals surface area (Å²) < 4.78 is 5.91. The van der Waals surface area contributed by atoms with Gasteiger partial charge in [-0.2, -0.15) is 0 Å². The fourth-order valence-corrected chi connectivity index (χ4v) is 3.40. The Kier molecular flexibility index (Phi) is 5.26. The molecular formula is C14H28N2O. The molecule has 0 amide bonds. The van der Waals surface area contributed by atoms with Gasteiger partial charge in [0.05, 0.1) is 12.7 Å². The summed E-state index contributed by atoms with van der Waals surface area (Å²) in [7, 11) is 0. The second-order valence-electron chi connectivity index (χ2n) is 5.48. The molecule has 2 atom stereocenters. The second-order valence-corrected chi connectivity index (χ2v) is 5.48. The van der Waals surface area contributed by atoms with Gasteiger partial charge in [-0.15, -0.1) is 0 Å². The van der Waals surface area contributed by atoms with Crippen molar-refractivity contribution in [1.82, 2.24) is 10.2 Å². The van der Waals surface area contributed by atoms with E-state index in [-0.39, 0.29) is 0 Å². The Bertz CT molecular complexity index is 210. The van der Waals surface area contributed by atoms with Crippen LogP contribution in [0.4, 0.5) is 0 Å². The molecule has 0 aromatic carbocycles. The van der Waals surface area contributed by atoms with Gasteiger partial charge in [-0.05, 0) is 26.3 Å². The smallest absolute Gasteiger partial charge is 0.0852 e. The largest absolute Gasteiger partial charge is 0.374 e. The Labute approximate surface area is 106 Å². The highest BCUT2D eigenvalue weighted by Crippen LogP contribution is 2.25. The maximum Gasteiger partial charge on any atom is 0.0852 e. The van der Waals surface area contributed by atoms with Gasteiger partial charge in [0.2, 0.25) is 0 Å². The van der Waals surface area contributed by atoms with E-state index in [9.17, 15) is 0 Å². The standard InChI is InChI=1S/C14H28N2O/c1-3-16(13-7-5-4-6-8-13)12(2)14-11-15-9-10-17-14/h12-15H,3-11H2,1-2H3. The summed E-state index contributed by atoms with van der Waals surface area (Å²) >= 11 is 0. The molecule has 0 bridgehead atoms. The first-order valence-corrected chi connectivity index (χ1v) is 7.41. The highest BCUT2D eigenvalue weighted by atomic mass is 16.5. The van der Waals surface area contributed by atoms with Crippen LogP contribution in [0.5, 0.6) is 0 Å². The van der Waals surface area contributed by atoms with Crippen molar-refractivity contribution in [3.63, 3.8) is 0 Å². The average molecular weight is 240 g/mol. The average Bonchev–Trinajstić information content (AvgIpc) is 2.42. The van der Waals surface area contributed by atoms with Gasteiger partial charge in [-0.3, -0.25) is 4.90 Å². The van der Waals surface area contributed by atoms with E-state index in [4.69, 9.17) is 4.74 Å².